The highest BCUT2D eigenvalue weighted by molar-refractivity contribution is 6.00. The Labute approximate surface area is 107 Å². The molecule has 2 rings (SSSR count). The lowest BCUT2D eigenvalue weighted by atomic mass is 10.1. The number of benzene rings is 1. The van der Waals surface area contributed by atoms with E-state index in [1.165, 1.54) is 0 Å². The average Bonchev–Trinajstić information content (AvgIpc) is 2.52. The van der Waals surface area contributed by atoms with Crippen molar-refractivity contribution in [1.82, 2.24) is 4.90 Å². The molecule has 1 amide bonds. The summed E-state index contributed by atoms with van der Waals surface area (Å²) in [5, 5.41) is 0. The van der Waals surface area contributed by atoms with Gasteiger partial charge in [0.25, 0.3) is 0 Å². The zero-order valence-corrected chi connectivity index (χ0v) is 10.8. The molecule has 0 spiro atoms. The van der Waals surface area contributed by atoms with Gasteiger partial charge in [-0.25, -0.2) is 0 Å². The predicted octanol–water partition coefficient (Wildman–Crippen LogP) is 1.56. The topological polar surface area (TPSA) is 40.6 Å². The number of nitrogens with zero attached hydrogens (tertiary/aromatic N) is 2. The highest BCUT2D eigenvalue weighted by atomic mass is 16.2. The Hall–Kier alpha value is -1.84. The smallest absolute Gasteiger partial charge is 0.241 e. The van der Waals surface area contributed by atoms with Gasteiger partial charge in [-0.15, -0.1) is 0 Å². The van der Waals surface area contributed by atoms with Crippen LogP contribution in [0.15, 0.2) is 24.3 Å². The van der Waals surface area contributed by atoms with Crippen LogP contribution in [0.5, 0.6) is 0 Å². The maximum atomic E-state index is 11.9. The minimum Gasteiger partial charge on any atom is -0.362 e. The van der Waals surface area contributed by atoms with Crippen molar-refractivity contribution in [2.45, 2.75) is 13.3 Å². The van der Waals surface area contributed by atoms with E-state index in [0.29, 0.717) is 12.1 Å². The summed E-state index contributed by atoms with van der Waals surface area (Å²) >= 11 is 0. The molecule has 18 heavy (non-hydrogen) atoms. The van der Waals surface area contributed by atoms with Gasteiger partial charge in [0.15, 0.2) is 5.78 Å². The fraction of sp³-hybridized carbons (Fsp3) is 0.429. The van der Waals surface area contributed by atoms with Gasteiger partial charge in [0.1, 0.15) is 0 Å². The highest BCUT2D eigenvalue weighted by Gasteiger charge is 2.21. The number of amides is 1. The van der Waals surface area contributed by atoms with E-state index in [1.54, 1.807) is 11.8 Å². The van der Waals surface area contributed by atoms with Gasteiger partial charge in [0.05, 0.1) is 6.54 Å². The Morgan fingerprint density at radius 3 is 2.67 bits per heavy atom. The molecule has 1 aliphatic rings. The molecule has 0 aromatic heterocycles. The Morgan fingerprint density at radius 2 is 1.94 bits per heavy atom. The molecule has 0 aliphatic carbocycles. The third-order valence-electron chi connectivity index (χ3n) is 3.30. The first-order chi connectivity index (χ1) is 8.59. The van der Waals surface area contributed by atoms with Crippen LogP contribution in [0.25, 0.3) is 0 Å². The predicted molar refractivity (Wildman–Crippen MR) is 70.9 cm³/mol. The van der Waals surface area contributed by atoms with Gasteiger partial charge in [0, 0.05) is 31.4 Å². The van der Waals surface area contributed by atoms with E-state index in [9.17, 15) is 9.59 Å². The standard InChI is InChI=1S/C14H18N2O2/c1-11(17)12-6-3-4-7-13(12)16-9-5-8-15(2)14(18)10-16/h3-4,6-7H,5,8-10H2,1-2H3. The number of carbonyl (C=O) groups excluding carboxylic acids is 2. The summed E-state index contributed by atoms with van der Waals surface area (Å²) in [6.45, 7) is 3.49. The van der Waals surface area contributed by atoms with Gasteiger partial charge in [-0.2, -0.15) is 0 Å². The van der Waals surface area contributed by atoms with E-state index in [2.05, 4.69) is 0 Å². The van der Waals surface area contributed by atoms with Crippen LogP contribution < -0.4 is 4.90 Å². The Kier molecular flexibility index (Phi) is 3.65. The van der Waals surface area contributed by atoms with Gasteiger partial charge in [-0.3, -0.25) is 9.59 Å². The molecule has 1 heterocycles. The van der Waals surface area contributed by atoms with E-state index in [-0.39, 0.29) is 11.7 Å². The van der Waals surface area contributed by atoms with Crippen molar-refractivity contribution >= 4 is 17.4 Å². The summed E-state index contributed by atoms with van der Waals surface area (Å²) < 4.78 is 0. The van der Waals surface area contributed by atoms with Gasteiger partial charge < -0.3 is 9.80 Å². The van der Waals surface area contributed by atoms with Crippen LogP contribution in [-0.4, -0.2) is 43.3 Å². The Morgan fingerprint density at radius 1 is 1.22 bits per heavy atom. The van der Waals surface area contributed by atoms with Gasteiger partial charge in [0.2, 0.25) is 5.91 Å². The number of ketones is 1. The second-order valence-corrected chi connectivity index (χ2v) is 4.66. The van der Waals surface area contributed by atoms with Crippen molar-refractivity contribution in [2.24, 2.45) is 0 Å². The molecule has 4 nitrogen and oxygen atoms in total. The first kappa shape index (κ1) is 12.6. The van der Waals surface area contributed by atoms with Gasteiger partial charge in [-0.1, -0.05) is 12.1 Å². The van der Waals surface area contributed by atoms with Crippen molar-refractivity contribution in [2.75, 3.05) is 31.6 Å². The third kappa shape index (κ3) is 2.53. The molecule has 4 heteroatoms. The molecule has 1 aromatic rings. The second-order valence-electron chi connectivity index (χ2n) is 4.66. The minimum absolute atomic E-state index is 0.0376. The number of rotatable bonds is 2. The SMILES string of the molecule is CC(=O)c1ccccc1N1CCCN(C)C(=O)C1. The Balaban J connectivity index is 2.31. The van der Waals surface area contributed by atoms with Crippen molar-refractivity contribution in [3.8, 4) is 0 Å². The number of likely N-dealkylation sites (N-methyl/N-ethyl adjacent to an activating group) is 1. The highest BCUT2D eigenvalue weighted by Crippen LogP contribution is 2.22. The van der Waals surface area contributed by atoms with E-state index < -0.39 is 0 Å². The molecule has 1 aromatic carbocycles. The van der Waals surface area contributed by atoms with Crippen LogP contribution in [0.3, 0.4) is 0 Å². The fourth-order valence-electron chi connectivity index (χ4n) is 2.24. The number of carbonyl (C=O) groups is 2. The van der Waals surface area contributed by atoms with Gasteiger partial charge in [-0.05, 0) is 25.5 Å². The van der Waals surface area contributed by atoms with Crippen molar-refractivity contribution in [3.63, 3.8) is 0 Å². The molecule has 0 radical (unpaired) electrons. The Bertz CT molecular complexity index is 471. The van der Waals surface area contributed by atoms with Crippen LogP contribution in [-0.2, 0) is 4.79 Å². The summed E-state index contributed by atoms with van der Waals surface area (Å²) in [5.41, 5.74) is 1.56. The van der Waals surface area contributed by atoms with Crippen LogP contribution >= 0.6 is 0 Å². The fourth-order valence-corrected chi connectivity index (χ4v) is 2.24. The molecule has 0 bridgehead atoms. The first-order valence-electron chi connectivity index (χ1n) is 6.18. The van der Waals surface area contributed by atoms with Crippen LogP contribution in [0, 0.1) is 0 Å². The van der Waals surface area contributed by atoms with E-state index in [4.69, 9.17) is 0 Å². The lowest BCUT2D eigenvalue weighted by Crippen LogP contribution is -2.34. The number of hydrogen-bond donors (Lipinski definition) is 0. The summed E-state index contributed by atoms with van der Waals surface area (Å²) in [7, 11) is 1.82. The summed E-state index contributed by atoms with van der Waals surface area (Å²) in [6, 6.07) is 7.49. The zero-order valence-electron chi connectivity index (χ0n) is 10.8. The van der Waals surface area contributed by atoms with Crippen molar-refractivity contribution in [3.05, 3.63) is 29.8 Å². The number of anilines is 1. The molecular formula is C14H18N2O2. The lowest BCUT2D eigenvalue weighted by molar-refractivity contribution is -0.127. The number of para-hydroxylation sites is 1. The number of Topliss-reactive ketones (excluding diaryl/α,β-unsaturated/α-hetero) is 1. The molecule has 0 unspecified atom stereocenters. The molecule has 1 aliphatic heterocycles. The second kappa shape index (κ2) is 5.21. The minimum atomic E-state index is 0.0376. The van der Waals surface area contributed by atoms with Crippen LogP contribution in [0.4, 0.5) is 5.69 Å². The average molecular weight is 246 g/mol. The van der Waals surface area contributed by atoms with Crippen molar-refractivity contribution in [1.29, 1.82) is 0 Å². The van der Waals surface area contributed by atoms with Gasteiger partial charge >= 0.3 is 0 Å². The monoisotopic (exact) mass is 246 g/mol. The summed E-state index contributed by atoms with van der Waals surface area (Å²) in [4.78, 5) is 27.2. The van der Waals surface area contributed by atoms with E-state index >= 15 is 0 Å². The molecule has 96 valence electrons. The quantitative estimate of drug-likeness (QED) is 0.743. The van der Waals surface area contributed by atoms with Crippen LogP contribution in [0.1, 0.15) is 23.7 Å². The maximum Gasteiger partial charge on any atom is 0.241 e. The van der Waals surface area contributed by atoms with E-state index in [0.717, 1.165) is 25.2 Å². The molecule has 1 saturated heterocycles. The van der Waals surface area contributed by atoms with E-state index in [1.807, 2.05) is 36.2 Å². The lowest BCUT2D eigenvalue weighted by Gasteiger charge is -2.23. The third-order valence-corrected chi connectivity index (χ3v) is 3.30. The molecule has 0 atom stereocenters. The van der Waals surface area contributed by atoms with Crippen molar-refractivity contribution < 1.29 is 9.59 Å². The first-order valence-corrected chi connectivity index (χ1v) is 6.18. The summed E-state index contributed by atoms with van der Waals surface area (Å²) in [6.07, 6.45) is 0.925. The number of hydrogen-bond acceptors (Lipinski definition) is 3. The molecule has 1 fully saturated rings. The molecule has 0 N–H and O–H groups in total. The summed E-state index contributed by atoms with van der Waals surface area (Å²) in [5.74, 6) is 0.140. The molecular weight excluding hydrogens is 228 g/mol. The normalized spacial score (nSPS) is 16.7. The van der Waals surface area contributed by atoms with Crippen LogP contribution in [0.2, 0.25) is 0 Å². The largest absolute Gasteiger partial charge is 0.362 e. The molecule has 0 saturated carbocycles. The zero-order chi connectivity index (χ0) is 13.1. The maximum absolute atomic E-state index is 11.9.